The van der Waals surface area contributed by atoms with E-state index in [9.17, 15) is 4.79 Å². The Morgan fingerprint density at radius 2 is 2.47 bits per heavy atom. The maximum Gasteiger partial charge on any atom is 0.248 e. The smallest absolute Gasteiger partial charge is 0.248 e. The van der Waals surface area contributed by atoms with Gasteiger partial charge < -0.3 is 14.5 Å². The van der Waals surface area contributed by atoms with Crippen molar-refractivity contribution in [2.45, 2.75) is 31.6 Å². The van der Waals surface area contributed by atoms with E-state index in [0.29, 0.717) is 5.92 Å². The van der Waals surface area contributed by atoms with Crippen LogP contribution in [0.5, 0.6) is 0 Å². The summed E-state index contributed by atoms with van der Waals surface area (Å²) in [4.78, 5) is 14.0. The third-order valence-electron chi connectivity index (χ3n) is 4.16. The van der Waals surface area contributed by atoms with Gasteiger partial charge >= 0.3 is 0 Å². The second-order valence-electron chi connectivity index (χ2n) is 5.43. The summed E-state index contributed by atoms with van der Waals surface area (Å²) in [5.74, 6) is 0.540. The molecule has 2 saturated heterocycles. The molecule has 1 N–H and O–H groups in total. The summed E-state index contributed by atoms with van der Waals surface area (Å²) in [6, 6.07) is 1.99. The van der Waals surface area contributed by atoms with E-state index in [1.165, 1.54) is 5.56 Å². The number of hydrogen-bond acceptors (Lipinski definition) is 4. The molecular formula is C14H20N2O3. The molecule has 3 rings (SSSR count). The van der Waals surface area contributed by atoms with Gasteiger partial charge in [0.05, 0.1) is 18.6 Å². The molecule has 1 aromatic rings. The summed E-state index contributed by atoms with van der Waals surface area (Å²) in [6.45, 7) is 2.87. The second kappa shape index (κ2) is 5.35. The molecule has 0 unspecified atom stereocenters. The number of piperidine rings is 1. The molecule has 2 aliphatic heterocycles. The van der Waals surface area contributed by atoms with Gasteiger partial charge in [0, 0.05) is 25.7 Å². The molecule has 1 aromatic heterocycles. The minimum Gasteiger partial charge on any atom is -0.472 e. The van der Waals surface area contributed by atoms with Crippen LogP contribution in [0.1, 0.15) is 18.4 Å². The number of nitrogens with one attached hydrogen (secondary N) is 1. The van der Waals surface area contributed by atoms with E-state index < -0.39 is 0 Å². The van der Waals surface area contributed by atoms with Crippen LogP contribution >= 0.6 is 0 Å². The van der Waals surface area contributed by atoms with Gasteiger partial charge in [-0.2, -0.15) is 0 Å². The molecule has 3 heterocycles. The number of fused-ring (bicyclic) bond motifs is 1. The molecule has 0 radical (unpaired) electrons. The van der Waals surface area contributed by atoms with Crippen molar-refractivity contribution in [3.05, 3.63) is 24.2 Å². The third-order valence-corrected chi connectivity index (χ3v) is 4.16. The largest absolute Gasteiger partial charge is 0.472 e. The number of furan rings is 1. The lowest BCUT2D eigenvalue weighted by atomic mass is 9.91. The van der Waals surface area contributed by atoms with Crippen LogP contribution in [0, 0.1) is 5.92 Å². The van der Waals surface area contributed by atoms with Gasteiger partial charge in [0.15, 0.2) is 0 Å². The summed E-state index contributed by atoms with van der Waals surface area (Å²) in [5.41, 5.74) is 1.19. The number of carbonyl (C=O) groups is 1. The quantitative estimate of drug-likeness (QED) is 0.885. The van der Waals surface area contributed by atoms with E-state index >= 15 is 0 Å². The Hall–Kier alpha value is -1.33. The van der Waals surface area contributed by atoms with Gasteiger partial charge in [0.1, 0.15) is 6.10 Å². The Bertz CT molecular complexity index is 432. The number of nitrogens with zero attached hydrogens (tertiary/aromatic N) is 1. The van der Waals surface area contributed by atoms with Gasteiger partial charge in [-0.05, 0) is 31.4 Å². The molecular weight excluding hydrogens is 244 g/mol. The predicted molar refractivity (Wildman–Crippen MR) is 69.4 cm³/mol. The Balaban J connectivity index is 1.57. The highest BCUT2D eigenvalue weighted by Gasteiger charge is 2.41. The first-order valence-electron chi connectivity index (χ1n) is 6.86. The first kappa shape index (κ1) is 12.7. The summed E-state index contributed by atoms with van der Waals surface area (Å²) in [6.07, 6.45) is 5.40. The van der Waals surface area contributed by atoms with Crippen molar-refractivity contribution in [2.24, 2.45) is 5.92 Å². The zero-order valence-corrected chi connectivity index (χ0v) is 11.2. The van der Waals surface area contributed by atoms with E-state index in [2.05, 4.69) is 10.2 Å². The molecule has 5 heteroatoms. The maximum atomic E-state index is 11.6. The first-order chi connectivity index (χ1) is 9.26. The summed E-state index contributed by atoms with van der Waals surface area (Å²) in [5, 5.41) is 2.67. The predicted octanol–water partition coefficient (Wildman–Crippen LogP) is 1.00. The van der Waals surface area contributed by atoms with Crippen molar-refractivity contribution in [1.29, 1.82) is 0 Å². The molecule has 104 valence electrons. The first-order valence-corrected chi connectivity index (χ1v) is 6.86. The molecule has 0 aliphatic carbocycles. The number of rotatable bonds is 3. The summed E-state index contributed by atoms with van der Waals surface area (Å²) in [7, 11) is 1.67. The maximum absolute atomic E-state index is 11.6. The molecule has 19 heavy (non-hydrogen) atoms. The van der Waals surface area contributed by atoms with Gasteiger partial charge in [-0.25, -0.2) is 0 Å². The van der Waals surface area contributed by atoms with Crippen LogP contribution in [-0.4, -0.2) is 43.2 Å². The van der Waals surface area contributed by atoms with Gasteiger partial charge in [-0.1, -0.05) is 0 Å². The van der Waals surface area contributed by atoms with Gasteiger partial charge in [-0.15, -0.1) is 0 Å². The van der Waals surface area contributed by atoms with Crippen molar-refractivity contribution in [1.82, 2.24) is 10.2 Å². The zero-order valence-electron chi connectivity index (χ0n) is 11.2. The van der Waals surface area contributed by atoms with Crippen LogP contribution < -0.4 is 5.32 Å². The van der Waals surface area contributed by atoms with Crippen LogP contribution in [0.2, 0.25) is 0 Å². The molecule has 3 atom stereocenters. The lowest BCUT2D eigenvalue weighted by Crippen LogP contribution is -2.42. The lowest BCUT2D eigenvalue weighted by molar-refractivity contribution is -0.132. The molecule has 0 saturated carbocycles. The average molecular weight is 264 g/mol. The van der Waals surface area contributed by atoms with Crippen LogP contribution in [0.4, 0.5) is 0 Å². The highest BCUT2D eigenvalue weighted by atomic mass is 16.5. The van der Waals surface area contributed by atoms with Crippen molar-refractivity contribution in [2.75, 3.05) is 20.1 Å². The highest BCUT2D eigenvalue weighted by molar-refractivity contribution is 5.80. The highest BCUT2D eigenvalue weighted by Crippen LogP contribution is 2.33. The van der Waals surface area contributed by atoms with Crippen LogP contribution in [0.25, 0.3) is 0 Å². The lowest BCUT2D eigenvalue weighted by Gasteiger charge is -2.33. The fourth-order valence-electron chi connectivity index (χ4n) is 3.11. The number of likely N-dealkylation sites (tertiary alicyclic amines) is 1. The van der Waals surface area contributed by atoms with Gasteiger partial charge in [0.2, 0.25) is 5.91 Å². The minimum atomic E-state index is -0.256. The molecule has 0 bridgehead atoms. The standard InChI is InChI=1S/C14H20N2O3/c1-15-14(17)12-6-11-2-4-16(8-13(11)19-12)7-10-3-5-18-9-10/h3,5,9,11-13H,2,4,6-8H2,1H3,(H,15,17)/t11-,12+,13-/m1/s1. The van der Waals surface area contributed by atoms with E-state index in [1.54, 1.807) is 19.6 Å². The fraction of sp³-hybridized carbons (Fsp3) is 0.643. The number of ether oxygens (including phenoxy) is 1. The van der Waals surface area contributed by atoms with E-state index in [4.69, 9.17) is 9.15 Å². The fourth-order valence-corrected chi connectivity index (χ4v) is 3.11. The van der Waals surface area contributed by atoms with E-state index in [0.717, 1.165) is 32.5 Å². The molecule has 0 aromatic carbocycles. The normalized spacial score (nSPS) is 31.1. The Morgan fingerprint density at radius 3 is 3.21 bits per heavy atom. The van der Waals surface area contributed by atoms with Crippen LogP contribution in [-0.2, 0) is 16.1 Å². The number of carbonyl (C=O) groups excluding carboxylic acids is 1. The second-order valence-corrected chi connectivity index (χ2v) is 5.43. The van der Waals surface area contributed by atoms with Crippen molar-refractivity contribution < 1.29 is 13.9 Å². The number of amides is 1. The molecule has 2 fully saturated rings. The molecule has 1 amide bonds. The zero-order chi connectivity index (χ0) is 13.2. The van der Waals surface area contributed by atoms with Crippen molar-refractivity contribution in [3.63, 3.8) is 0 Å². The molecule has 2 aliphatic rings. The third kappa shape index (κ3) is 2.67. The van der Waals surface area contributed by atoms with Gasteiger partial charge in [-0.3, -0.25) is 9.69 Å². The van der Waals surface area contributed by atoms with E-state index in [-0.39, 0.29) is 18.1 Å². The summed E-state index contributed by atoms with van der Waals surface area (Å²) < 4.78 is 11.0. The van der Waals surface area contributed by atoms with Crippen LogP contribution in [0.15, 0.2) is 23.0 Å². The van der Waals surface area contributed by atoms with Gasteiger partial charge in [0.25, 0.3) is 0 Å². The van der Waals surface area contributed by atoms with Crippen molar-refractivity contribution in [3.8, 4) is 0 Å². The van der Waals surface area contributed by atoms with Crippen LogP contribution in [0.3, 0.4) is 0 Å². The Kier molecular flexibility index (Phi) is 3.57. The number of likely N-dealkylation sites (N-methyl/N-ethyl adjacent to an activating group) is 1. The monoisotopic (exact) mass is 264 g/mol. The molecule has 5 nitrogen and oxygen atoms in total. The Labute approximate surface area is 112 Å². The van der Waals surface area contributed by atoms with E-state index in [1.807, 2.05) is 6.07 Å². The Morgan fingerprint density at radius 1 is 1.58 bits per heavy atom. The minimum absolute atomic E-state index is 0.00999. The molecule has 0 spiro atoms. The van der Waals surface area contributed by atoms with Crippen molar-refractivity contribution >= 4 is 5.91 Å². The summed E-state index contributed by atoms with van der Waals surface area (Å²) >= 11 is 0. The number of hydrogen-bond donors (Lipinski definition) is 1. The topological polar surface area (TPSA) is 54.7 Å². The average Bonchev–Trinajstić information content (AvgIpc) is 3.06. The SMILES string of the molecule is CNC(=O)[C@@H]1C[C@H]2CCN(Cc3ccoc3)C[C@H]2O1.